The van der Waals surface area contributed by atoms with E-state index in [1.54, 1.807) is 6.92 Å². The molecule has 1 fully saturated rings. The molecule has 3 aromatic rings. The molecule has 3 heterocycles. The first-order chi connectivity index (χ1) is 17.4. The highest BCUT2D eigenvalue weighted by molar-refractivity contribution is 5.90. The van der Waals surface area contributed by atoms with Crippen LogP contribution in [0.25, 0.3) is 11.3 Å². The van der Waals surface area contributed by atoms with Crippen LogP contribution in [0.2, 0.25) is 0 Å². The summed E-state index contributed by atoms with van der Waals surface area (Å²) in [6, 6.07) is 13.0. The van der Waals surface area contributed by atoms with Crippen LogP contribution in [-0.4, -0.2) is 40.7 Å². The number of aromatic nitrogens is 2. The molecule has 0 radical (unpaired) electrons. The SMILES string of the molecule is Cc1nc(-c2ccc(NC(=O)N3CC4(CCCC4)c4cc5c(cc4C3C)OCCO5)cc2)cc(=O)[nH]1. The first-order valence-electron chi connectivity index (χ1n) is 12.6. The van der Waals surface area contributed by atoms with Crippen molar-refractivity contribution in [2.45, 2.75) is 51.0 Å². The number of anilines is 1. The lowest BCUT2D eigenvalue weighted by Gasteiger charge is -2.46. The Morgan fingerprint density at radius 2 is 1.78 bits per heavy atom. The largest absolute Gasteiger partial charge is 0.486 e. The van der Waals surface area contributed by atoms with Gasteiger partial charge in [-0.1, -0.05) is 25.0 Å². The minimum atomic E-state index is -0.187. The van der Waals surface area contributed by atoms with E-state index in [1.807, 2.05) is 29.2 Å². The Hall–Kier alpha value is -3.81. The van der Waals surface area contributed by atoms with Crippen LogP contribution in [0.3, 0.4) is 0 Å². The lowest BCUT2D eigenvalue weighted by Crippen LogP contribution is -2.50. The van der Waals surface area contributed by atoms with Gasteiger partial charge < -0.3 is 24.7 Å². The zero-order chi connectivity index (χ0) is 24.9. The number of amides is 2. The Morgan fingerprint density at radius 1 is 1.08 bits per heavy atom. The molecular weight excluding hydrogens is 456 g/mol. The predicted octanol–water partition coefficient (Wildman–Crippen LogP) is 4.94. The summed E-state index contributed by atoms with van der Waals surface area (Å²) in [7, 11) is 0. The molecule has 3 aliphatic rings. The lowest BCUT2D eigenvalue weighted by molar-refractivity contribution is 0.149. The van der Waals surface area contributed by atoms with Gasteiger partial charge in [0.15, 0.2) is 11.5 Å². The molecule has 6 rings (SSSR count). The molecule has 2 aliphatic heterocycles. The molecule has 1 aliphatic carbocycles. The van der Waals surface area contributed by atoms with Gasteiger partial charge in [-0.05, 0) is 62.1 Å². The lowest BCUT2D eigenvalue weighted by atomic mass is 9.71. The van der Waals surface area contributed by atoms with Gasteiger partial charge in [-0.15, -0.1) is 0 Å². The van der Waals surface area contributed by atoms with Crippen molar-refractivity contribution >= 4 is 11.7 Å². The third-order valence-electron chi connectivity index (χ3n) is 7.79. The molecule has 1 saturated carbocycles. The highest BCUT2D eigenvalue weighted by Gasteiger charge is 2.46. The van der Waals surface area contributed by atoms with Gasteiger partial charge in [-0.2, -0.15) is 0 Å². The molecule has 8 heteroatoms. The van der Waals surface area contributed by atoms with Gasteiger partial charge in [0.25, 0.3) is 5.56 Å². The van der Waals surface area contributed by atoms with Crippen molar-refractivity contribution in [3.05, 3.63) is 69.8 Å². The second-order valence-corrected chi connectivity index (χ2v) is 10.1. The third kappa shape index (κ3) is 3.90. The van der Waals surface area contributed by atoms with E-state index in [0.717, 1.165) is 48.3 Å². The monoisotopic (exact) mass is 486 g/mol. The Bertz CT molecular complexity index is 1380. The average Bonchev–Trinajstić information content (AvgIpc) is 3.34. The van der Waals surface area contributed by atoms with Gasteiger partial charge in [0.2, 0.25) is 0 Å². The maximum Gasteiger partial charge on any atom is 0.322 e. The van der Waals surface area contributed by atoms with Crippen molar-refractivity contribution in [2.75, 3.05) is 25.1 Å². The highest BCUT2D eigenvalue weighted by atomic mass is 16.6. The second-order valence-electron chi connectivity index (χ2n) is 10.1. The number of nitrogens with zero attached hydrogens (tertiary/aromatic N) is 2. The number of carbonyl (C=O) groups excluding carboxylic acids is 1. The molecule has 1 atom stereocenters. The molecule has 1 unspecified atom stereocenters. The Balaban J connectivity index is 1.27. The molecule has 1 spiro atoms. The first kappa shape index (κ1) is 22.6. The number of nitrogens with one attached hydrogen (secondary N) is 2. The maximum atomic E-state index is 13.6. The smallest absolute Gasteiger partial charge is 0.322 e. The van der Waals surface area contributed by atoms with Crippen molar-refractivity contribution in [2.24, 2.45) is 0 Å². The standard InChI is InChI=1S/C28H30N4O4/c1-17-21-13-24-25(36-12-11-35-24)14-22(21)28(9-3-4-10-28)16-32(17)27(34)31-20-7-5-19(6-8-20)23-15-26(33)30-18(2)29-23/h5-8,13-15,17H,3-4,9-12,16H2,1-2H3,(H,31,34)(H,29,30,33). The summed E-state index contributed by atoms with van der Waals surface area (Å²) in [4.78, 5) is 34.4. The minimum Gasteiger partial charge on any atom is -0.486 e. The molecular formula is C28H30N4O4. The van der Waals surface area contributed by atoms with Crippen LogP contribution in [-0.2, 0) is 5.41 Å². The highest BCUT2D eigenvalue weighted by Crippen LogP contribution is 2.52. The summed E-state index contributed by atoms with van der Waals surface area (Å²) in [5.41, 5.74) is 4.34. The molecule has 0 bridgehead atoms. The van der Waals surface area contributed by atoms with Crippen LogP contribution >= 0.6 is 0 Å². The van der Waals surface area contributed by atoms with Gasteiger partial charge in [0.05, 0.1) is 11.7 Å². The van der Waals surface area contributed by atoms with Crippen molar-refractivity contribution in [3.63, 3.8) is 0 Å². The Morgan fingerprint density at radius 3 is 2.47 bits per heavy atom. The van der Waals surface area contributed by atoms with Crippen LogP contribution in [0.4, 0.5) is 10.5 Å². The van der Waals surface area contributed by atoms with Gasteiger partial charge in [0.1, 0.15) is 19.0 Å². The van der Waals surface area contributed by atoms with E-state index in [1.165, 1.54) is 11.6 Å². The number of H-pyrrole nitrogens is 1. The number of benzene rings is 2. The molecule has 8 nitrogen and oxygen atoms in total. The quantitative estimate of drug-likeness (QED) is 0.535. The van der Waals surface area contributed by atoms with Gasteiger partial charge >= 0.3 is 6.03 Å². The van der Waals surface area contributed by atoms with Crippen molar-refractivity contribution in [1.29, 1.82) is 0 Å². The van der Waals surface area contributed by atoms with Gasteiger partial charge in [-0.25, -0.2) is 9.78 Å². The van der Waals surface area contributed by atoms with Gasteiger partial charge in [-0.3, -0.25) is 4.79 Å². The molecule has 0 saturated heterocycles. The summed E-state index contributed by atoms with van der Waals surface area (Å²) in [6.07, 6.45) is 4.45. The molecule has 36 heavy (non-hydrogen) atoms. The molecule has 2 amide bonds. The van der Waals surface area contributed by atoms with E-state index in [2.05, 4.69) is 34.3 Å². The first-order valence-corrected chi connectivity index (χ1v) is 12.6. The summed E-state index contributed by atoms with van der Waals surface area (Å²) in [5, 5.41) is 3.09. The molecule has 2 N–H and O–H groups in total. The molecule has 1 aromatic heterocycles. The summed E-state index contributed by atoms with van der Waals surface area (Å²) in [6.45, 7) is 5.63. The van der Waals surface area contributed by atoms with Crippen molar-refractivity contribution < 1.29 is 14.3 Å². The van der Waals surface area contributed by atoms with Crippen LogP contribution in [0.15, 0.2) is 47.3 Å². The number of hydrogen-bond donors (Lipinski definition) is 2. The fraction of sp³-hybridized carbons (Fsp3) is 0.393. The van der Waals surface area contributed by atoms with Gasteiger partial charge in [0, 0.05) is 29.3 Å². The minimum absolute atomic E-state index is 0.0528. The number of ether oxygens (including phenoxy) is 2. The Labute approximate surface area is 209 Å². The maximum absolute atomic E-state index is 13.6. The topological polar surface area (TPSA) is 96.6 Å². The number of hydrogen-bond acceptors (Lipinski definition) is 5. The van der Waals surface area contributed by atoms with E-state index >= 15 is 0 Å². The zero-order valence-corrected chi connectivity index (χ0v) is 20.6. The normalized spacial score (nSPS) is 19.7. The number of fused-ring (bicyclic) bond motifs is 3. The van der Waals surface area contributed by atoms with E-state index in [4.69, 9.17) is 9.47 Å². The summed E-state index contributed by atoms with van der Waals surface area (Å²) in [5.74, 6) is 2.15. The van der Waals surface area contributed by atoms with E-state index in [9.17, 15) is 9.59 Å². The number of carbonyl (C=O) groups is 1. The van der Waals surface area contributed by atoms with E-state index in [-0.39, 0.29) is 23.0 Å². The number of aryl methyl sites for hydroxylation is 1. The third-order valence-corrected chi connectivity index (χ3v) is 7.79. The summed E-state index contributed by atoms with van der Waals surface area (Å²) < 4.78 is 11.8. The van der Waals surface area contributed by atoms with Crippen LogP contribution < -0.4 is 20.3 Å². The number of aromatic amines is 1. The molecule has 2 aromatic carbocycles. The fourth-order valence-electron chi connectivity index (χ4n) is 6.00. The van der Waals surface area contributed by atoms with Crippen molar-refractivity contribution in [1.82, 2.24) is 14.9 Å². The van der Waals surface area contributed by atoms with Crippen LogP contribution in [0, 0.1) is 6.92 Å². The fourth-order valence-corrected chi connectivity index (χ4v) is 6.00. The van der Waals surface area contributed by atoms with E-state index in [0.29, 0.717) is 37.0 Å². The number of urea groups is 1. The second kappa shape index (κ2) is 8.69. The van der Waals surface area contributed by atoms with Crippen molar-refractivity contribution in [3.8, 4) is 22.8 Å². The average molecular weight is 487 g/mol. The molecule has 186 valence electrons. The van der Waals surface area contributed by atoms with E-state index < -0.39 is 0 Å². The predicted molar refractivity (Wildman–Crippen MR) is 137 cm³/mol. The van der Waals surface area contributed by atoms with Crippen LogP contribution in [0.5, 0.6) is 11.5 Å². The number of rotatable bonds is 2. The van der Waals surface area contributed by atoms with Crippen LogP contribution in [0.1, 0.15) is 55.6 Å². The Kier molecular flexibility index (Phi) is 5.47. The zero-order valence-electron chi connectivity index (χ0n) is 20.6. The summed E-state index contributed by atoms with van der Waals surface area (Å²) >= 11 is 0.